The Hall–Kier alpha value is -0.840. The highest BCUT2D eigenvalue weighted by molar-refractivity contribution is 7.81. The average Bonchev–Trinajstić information content (AvgIpc) is 2.42. The molecule has 0 aliphatic heterocycles. The van der Waals surface area contributed by atoms with E-state index >= 15 is 0 Å². The van der Waals surface area contributed by atoms with Gasteiger partial charge in [0, 0.05) is 12.8 Å². The summed E-state index contributed by atoms with van der Waals surface area (Å²) in [6.07, 6.45) is -12.1. The third-order valence-electron chi connectivity index (χ3n) is 3.14. The van der Waals surface area contributed by atoms with Crippen LogP contribution in [-0.2, 0) is 0 Å². The molecule has 0 atom stereocenters. The van der Waals surface area contributed by atoms with Gasteiger partial charge in [0.1, 0.15) is 0 Å². The van der Waals surface area contributed by atoms with Crippen molar-refractivity contribution in [2.24, 2.45) is 0 Å². The lowest BCUT2D eigenvalue weighted by atomic mass is 9.90. The fourth-order valence-corrected chi connectivity index (χ4v) is 1.61. The Labute approximate surface area is 148 Å². The van der Waals surface area contributed by atoms with Crippen LogP contribution in [0.15, 0.2) is 0 Å². The molecule has 18 heteroatoms. The lowest BCUT2D eigenvalue weighted by molar-refractivity contribution is -0.435. The molecular formula is C10H5F17S. The molecule has 28 heavy (non-hydrogen) atoms. The second-order valence-corrected chi connectivity index (χ2v) is 5.79. The highest BCUT2D eigenvalue weighted by atomic mass is 32.1. The Bertz CT molecular complexity index is 553. The van der Waals surface area contributed by atoms with Crippen LogP contribution >= 0.6 is 12.6 Å². The molecule has 0 spiro atoms. The predicted octanol–water partition coefficient (Wildman–Crippen LogP) is 6.66. The number of hydrogen-bond acceptors (Lipinski definition) is 1. The molecular weight excluding hydrogens is 475 g/mol. The molecule has 0 heterocycles. The quantitative estimate of drug-likeness (QED) is 0.292. The second-order valence-electron chi connectivity index (χ2n) is 5.23. The first-order valence-electron chi connectivity index (χ1n) is 6.14. The Kier molecular flexibility index (Phi) is 6.65. The van der Waals surface area contributed by atoms with E-state index < -0.39 is 59.8 Å². The third-order valence-corrected chi connectivity index (χ3v) is 3.42. The first-order chi connectivity index (χ1) is 11.7. The standard InChI is InChI=1S/C10H5F17S/c11-3(12,1-2-4(13,14)15)5(16,17)6(18,19)7(20,21)8(22,23)9(24,25)10(26,27)28/h28H,1-2H2. The normalized spacial score (nSPS) is 16.5. The van der Waals surface area contributed by atoms with Gasteiger partial charge in [-0.05, 0) is 0 Å². The molecule has 0 amide bonds. The summed E-state index contributed by atoms with van der Waals surface area (Å²) in [6.45, 7) is 0. The van der Waals surface area contributed by atoms with Crippen LogP contribution < -0.4 is 0 Å². The molecule has 0 aliphatic carbocycles. The molecule has 0 saturated carbocycles. The average molecular weight is 480 g/mol. The Balaban J connectivity index is 6.32. The summed E-state index contributed by atoms with van der Waals surface area (Å²) in [7, 11) is 0. The van der Waals surface area contributed by atoms with Gasteiger partial charge in [-0.3, -0.25) is 0 Å². The van der Waals surface area contributed by atoms with Crippen molar-refractivity contribution in [1.82, 2.24) is 0 Å². The summed E-state index contributed by atoms with van der Waals surface area (Å²) in [5, 5.41) is -6.54. The molecule has 0 saturated heterocycles. The van der Waals surface area contributed by atoms with Gasteiger partial charge in [0.05, 0.1) is 0 Å². The van der Waals surface area contributed by atoms with E-state index in [-0.39, 0.29) is 0 Å². The Morgan fingerprint density at radius 1 is 0.393 bits per heavy atom. The number of halogens is 17. The molecule has 0 N–H and O–H groups in total. The van der Waals surface area contributed by atoms with Crippen molar-refractivity contribution in [2.75, 3.05) is 0 Å². The summed E-state index contributed by atoms with van der Waals surface area (Å²) in [5.74, 6) is -46.8. The molecule has 0 fully saturated rings. The zero-order valence-electron chi connectivity index (χ0n) is 12.3. The van der Waals surface area contributed by atoms with Crippen LogP contribution in [0.2, 0.25) is 0 Å². The van der Waals surface area contributed by atoms with Gasteiger partial charge in [-0.1, -0.05) is 12.6 Å². The molecule has 0 unspecified atom stereocenters. The van der Waals surface area contributed by atoms with E-state index in [1.54, 1.807) is 0 Å². The van der Waals surface area contributed by atoms with Crippen LogP contribution in [0.1, 0.15) is 12.8 Å². The zero-order chi connectivity index (χ0) is 23.4. The number of alkyl halides is 17. The van der Waals surface area contributed by atoms with E-state index in [9.17, 15) is 74.6 Å². The van der Waals surface area contributed by atoms with Crippen LogP contribution in [0.5, 0.6) is 0 Å². The van der Waals surface area contributed by atoms with Crippen molar-refractivity contribution < 1.29 is 74.6 Å². The van der Waals surface area contributed by atoms with Crippen LogP contribution in [0.25, 0.3) is 0 Å². The number of rotatable bonds is 8. The summed E-state index contributed by atoms with van der Waals surface area (Å²) in [6, 6.07) is 0. The van der Waals surface area contributed by atoms with Crippen LogP contribution in [-0.4, -0.2) is 47.0 Å². The fourth-order valence-electron chi connectivity index (χ4n) is 1.47. The van der Waals surface area contributed by atoms with E-state index in [0.717, 1.165) is 0 Å². The van der Waals surface area contributed by atoms with E-state index in [1.165, 1.54) is 12.6 Å². The van der Waals surface area contributed by atoms with Crippen molar-refractivity contribution in [3.8, 4) is 0 Å². The Morgan fingerprint density at radius 2 is 0.679 bits per heavy atom. The van der Waals surface area contributed by atoms with Gasteiger partial charge in [-0.2, -0.15) is 74.6 Å². The molecule has 0 aromatic carbocycles. The van der Waals surface area contributed by atoms with Crippen molar-refractivity contribution in [2.45, 2.75) is 59.8 Å². The summed E-state index contributed by atoms with van der Waals surface area (Å²) < 4.78 is 216. The maximum absolute atomic E-state index is 13.2. The van der Waals surface area contributed by atoms with Gasteiger partial charge in [0.15, 0.2) is 0 Å². The van der Waals surface area contributed by atoms with Crippen molar-refractivity contribution >= 4 is 12.6 Å². The van der Waals surface area contributed by atoms with E-state index in [4.69, 9.17) is 0 Å². The minimum absolute atomic E-state index is 1.45. The molecule has 0 aliphatic rings. The minimum atomic E-state index is -8.30. The summed E-state index contributed by atoms with van der Waals surface area (Å²) in [4.78, 5) is 0. The fraction of sp³-hybridized carbons (Fsp3) is 1.00. The topological polar surface area (TPSA) is 0 Å². The lowest BCUT2D eigenvalue weighted by Crippen LogP contribution is -2.72. The highest BCUT2D eigenvalue weighted by Gasteiger charge is 2.92. The first kappa shape index (κ1) is 27.2. The van der Waals surface area contributed by atoms with Crippen molar-refractivity contribution in [1.29, 1.82) is 0 Å². The first-order valence-corrected chi connectivity index (χ1v) is 6.59. The van der Waals surface area contributed by atoms with Crippen LogP contribution in [0, 0.1) is 0 Å². The molecule has 0 radical (unpaired) electrons. The maximum Gasteiger partial charge on any atom is 0.389 e. The largest absolute Gasteiger partial charge is 0.389 e. The van der Waals surface area contributed by atoms with Crippen molar-refractivity contribution in [3.63, 3.8) is 0 Å². The smallest absolute Gasteiger partial charge is 0.200 e. The maximum atomic E-state index is 13.2. The monoisotopic (exact) mass is 480 g/mol. The highest BCUT2D eigenvalue weighted by Crippen LogP contribution is 2.63. The van der Waals surface area contributed by atoms with E-state index in [1.807, 2.05) is 0 Å². The molecule has 0 nitrogen and oxygen atoms in total. The molecule has 0 bridgehead atoms. The molecule has 0 aromatic heterocycles. The van der Waals surface area contributed by atoms with Gasteiger partial charge < -0.3 is 0 Å². The van der Waals surface area contributed by atoms with Gasteiger partial charge in [0.2, 0.25) is 0 Å². The van der Waals surface area contributed by atoms with Gasteiger partial charge in [-0.15, -0.1) is 0 Å². The third kappa shape index (κ3) is 4.06. The molecule has 0 aromatic rings. The summed E-state index contributed by atoms with van der Waals surface area (Å²) >= 11 is 1.45. The number of thiol groups is 1. The van der Waals surface area contributed by atoms with Gasteiger partial charge in [-0.25, -0.2) is 0 Å². The Morgan fingerprint density at radius 3 is 0.964 bits per heavy atom. The SMILES string of the molecule is FC(F)(F)CCC(F)(F)C(F)(F)C(F)(F)C(F)(F)C(F)(F)C(F)(F)C(F)(F)S. The second kappa shape index (κ2) is 6.85. The van der Waals surface area contributed by atoms with Gasteiger partial charge >= 0.3 is 47.0 Å². The minimum Gasteiger partial charge on any atom is -0.200 e. The van der Waals surface area contributed by atoms with Crippen LogP contribution in [0.3, 0.4) is 0 Å². The van der Waals surface area contributed by atoms with Crippen molar-refractivity contribution in [3.05, 3.63) is 0 Å². The van der Waals surface area contributed by atoms with Gasteiger partial charge in [0.25, 0.3) is 0 Å². The van der Waals surface area contributed by atoms with Crippen LogP contribution in [0.4, 0.5) is 74.6 Å². The zero-order valence-corrected chi connectivity index (χ0v) is 13.2. The van der Waals surface area contributed by atoms with E-state index in [0.29, 0.717) is 0 Å². The van der Waals surface area contributed by atoms with E-state index in [2.05, 4.69) is 0 Å². The molecule has 0 rings (SSSR count). The predicted molar refractivity (Wildman–Crippen MR) is 58.9 cm³/mol. The summed E-state index contributed by atoms with van der Waals surface area (Å²) in [5.41, 5.74) is 0. The number of hydrogen-bond donors (Lipinski definition) is 1. The molecule has 170 valence electrons. The lowest BCUT2D eigenvalue weighted by Gasteiger charge is -2.42.